The monoisotopic (exact) mass is 474 g/mol. The summed E-state index contributed by atoms with van der Waals surface area (Å²) in [6.45, 7) is 2.29. The Kier molecular flexibility index (Phi) is 9.43. The average Bonchev–Trinajstić information content (AvgIpc) is 2.80. The van der Waals surface area contributed by atoms with E-state index in [1.807, 2.05) is 43.3 Å². The summed E-state index contributed by atoms with van der Waals surface area (Å²) < 4.78 is 0. The molecule has 1 aliphatic rings. The summed E-state index contributed by atoms with van der Waals surface area (Å²) >= 11 is 12.3. The zero-order valence-corrected chi connectivity index (χ0v) is 20.2. The standard InChI is InChI=1S/C26H32Cl2N2O2/c1-2-9-25(31)30(18-20-14-15-22(27)23(28)16-20)24(17-19-10-5-3-6-11-19)26(32)29-21-12-7-4-8-13-21/h3,5-6,10-11,14-16,21,24H,2,4,7-9,12-13,17-18H2,1H3,(H,29,32). The van der Waals surface area contributed by atoms with Crippen molar-refractivity contribution in [2.75, 3.05) is 0 Å². The van der Waals surface area contributed by atoms with Crippen molar-refractivity contribution < 1.29 is 9.59 Å². The smallest absolute Gasteiger partial charge is 0.243 e. The third kappa shape index (κ3) is 6.98. The number of hydrogen-bond acceptors (Lipinski definition) is 2. The van der Waals surface area contributed by atoms with Crippen LogP contribution in [0, 0.1) is 0 Å². The molecule has 2 aromatic rings. The summed E-state index contributed by atoms with van der Waals surface area (Å²) in [4.78, 5) is 28.5. The van der Waals surface area contributed by atoms with Crippen LogP contribution in [0.15, 0.2) is 48.5 Å². The molecule has 1 atom stereocenters. The van der Waals surface area contributed by atoms with Crippen LogP contribution >= 0.6 is 23.2 Å². The summed E-state index contributed by atoms with van der Waals surface area (Å²) in [7, 11) is 0. The van der Waals surface area contributed by atoms with Crippen LogP contribution in [0.25, 0.3) is 0 Å². The number of hydrogen-bond donors (Lipinski definition) is 1. The molecular weight excluding hydrogens is 443 g/mol. The van der Waals surface area contributed by atoms with Gasteiger partial charge in [-0.15, -0.1) is 0 Å². The van der Waals surface area contributed by atoms with Crippen molar-refractivity contribution in [3.8, 4) is 0 Å². The summed E-state index contributed by atoms with van der Waals surface area (Å²) in [6, 6.07) is 14.8. The second-order valence-electron chi connectivity index (χ2n) is 8.57. The van der Waals surface area contributed by atoms with Crippen LogP contribution in [-0.4, -0.2) is 28.8 Å². The Morgan fingerprint density at radius 1 is 1.00 bits per heavy atom. The van der Waals surface area contributed by atoms with E-state index >= 15 is 0 Å². The highest BCUT2D eigenvalue weighted by atomic mass is 35.5. The van der Waals surface area contributed by atoms with Crippen LogP contribution in [0.5, 0.6) is 0 Å². The van der Waals surface area contributed by atoms with E-state index in [1.54, 1.807) is 17.0 Å². The first kappa shape index (κ1) is 24.6. The van der Waals surface area contributed by atoms with Crippen molar-refractivity contribution in [2.24, 2.45) is 0 Å². The lowest BCUT2D eigenvalue weighted by Gasteiger charge is -2.33. The summed E-state index contributed by atoms with van der Waals surface area (Å²) in [6.07, 6.45) is 7.07. The van der Waals surface area contributed by atoms with Gasteiger partial charge in [-0.25, -0.2) is 0 Å². The van der Waals surface area contributed by atoms with E-state index in [0.29, 0.717) is 29.4 Å². The Morgan fingerprint density at radius 2 is 1.72 bits per heavy atom. The number of benzene rings is 2. The molecule has 0 bridgehead atoms. The molecule has 0 aliphatic heterocycles. The molecule has 4 nitrogen and oxygen atoms in total. The highest BCUT2D eigenvalue weighted by Gasteiger charge is 2.31. The summed E-state index contributed by atoms with van der Waals surface area (Å²) in [5, 5.41) is 4.16. The maximum atomic E-state index is 13.5. The van der Waals surface area contributed by atoms with Gasteiger partial charge in [0.15, 0.2) is 0 Å². The summed E-state index contributed by atoms with van der Waals surface area (Å²) in [5.74, 6) is -0.108. The normalized spacial score (nSPS) is 15.2. The zero-order chi connectivity index (χ0) is 22.9. The molecular formula is C26H32Cl2N2O2. The second-order valence-corrected chi connectivity index (χ2v) is 9.38. The molecule has 0 radical (unpaired) electrons. The Morgan fingerprint density at radius 3 is 2.38 bits per heavy atom. The van der Waals surface area contributed by atoms with E-state index < -0.39 is 6.04 Å². The quantitative estimate of drug-likeness (QED) is 0.471. The van der Waals surface area contributed by atoms with E-state index in [-0.39, 0.29) is 17.9 Å². The third-order valence-electron chi connectivity index (χ3n) is 6.02. The first-order valence-electron chi connectivity index (χ1n) is 11.6. The van der Waals surface area contributed by atoms with Gasteiger partial charge in [0.1, 0.15) is 6.04 Å². The highest BCUT2D eigenvalue weighted by Crippen LogP contribution is 2.25. The average molecular weight is 475 g/mol. The zero-order valence-electron chi connectivity index (χ0n) is 18.7. The molecule has 1 N–H and O–H groups in total. The number of carbonyl (C=O) groups excluding carboxylic acids is 2. The van der Waals surface area contributed by atoms with Gasteiger partial charge in [0.25, 0.3) is 0 Å². The first-order valence-corrected chi connectivity index (χ1v) is 12.3. The molecule has 0 heterocycles. The molecule has 0 spiro atoms. The lowest BCUT2D eigenvalue weighted by atomic mass is 9.94. The number of rotatable bonds is 9. The van der Waals surface area contributed by atoms with Crippen molar-refractivity contribution >= 4 is 35.0 Å². The van der Waals surface area contributed by atoms with Gasteiger partial charge in [0.05, 0.1) is 10.0 Å². The van der Waals surface area contributed by atoms with Gasteiger partial charge in [-0.3, -0.25) is 9.59 Å². The van der Waals surface area contributed by atoms with Crippen molar-refractivity contribution in [1.29, 1.82) is 0 Å². The number of nitrogens with one attached hydrogen (secondary N) is 1. The fourth-order valence-corrected chi connectivity index (χ4v) is 4.61. The number of amides is 2. The molecule has 172 valence electrons. The summed E-state index contributed by atoms with van der Waals surface area (Å²) in [5.41, 5.74) is 1.88. The predicted octanol–water partition coefficient (Wildman–Crippen LogP) is 6.18. The maximum absolute atomic E-state index is 13.5. The largest absolute Gasteiger partial charge is 0.352 e. The molecule has 0 aromatic heterocycles. The molecule has 1 unspecified atom stereocenters. The van der Waals surface area contributed by atoms with Gasteiger partial charge in [0.2, 0.25) is 11.8 Å². The molecule has 3 rings (SSSR count). The van der Waals surface area contributed by atoms with Crippen LogP contribution in [0.3, 0.4) is 0 Å². The Labute approximate surface area is 201 Å². The van der Waals surface area contributed by atoms with E-state index in [1.165, 1.54) is 6.42 Å². The van der Waals surface area contributed by atoms with Gasteiger partial charge in [-0.05, 0) is 42.5 Å². The first-order chi connectivity index (χ1) is 15.5. The number of halogens is 2. The molecule has 1 fully saturated rings. The van der Waals surface area contributed by atoms with E-state index in [4.69, 9.17) is 23.2 Å². The van der Waals surface area contributed by atoms with Gasteiger partial charge >= 0.3 is 0 Å². The van der Waals surface area contributed by atoms with E-state index in [0.717, 1.165) is 43.2 Å². The predicted molar refractivity (Wildman–Crippen MR) is 131 cm³/mol. The van der Waals surface area contributed by atoms with Gasteiger partial charge in [-0.2, -0.15) is 0 Å². The molecule has 1 saturated carbocycles. The fraction of sp³-hybridized carbons (Fsp3) is 0.462. The molecule has 0 saturated heterocycles. The van der Waals surface area contributed by atoms with Gasteiger partial charge < -0.3 is 10.2 Å². The molecule has 1 aliphatic carbocycles. The minimum Gasteiger partial charge on any atom is -0.352 e. The Hall–Kier alpha value is -2.04. The van der Waals surface area contributed by atoms with Gasteiger partial charge in [-0.1, -0.05) is 85.8 Å². The van der Waals surface area contributed by atoms with Crippen LogP contribution in [0.1, 0.15) is 63.0 Å². The van der Waals surface area contributed by atoms with Crippen molar-refractivity contribution in [2.45, 2.75) is 76.9 Å². The number of nitrogens with zero attached hydrogens (tertiary/aromatic N) is 1. The van der Waals surface area contributed by atoms with Crippen molar-refractivity contribution in [3.05, 3.63) is 69.7 Å². The lowest BCUT2D eigenvalue weighted by molar-refractivity contribution is -0.141. The van der Waals surface area contributed by atoms with Crippen molar-refractivity contribution in [3.63, 3.8) is 0 Å². The Balaban J connectivity index is 1.89. The fourth-order valence-electron chi connectivity index (χ4n) is 4.29. The van der Waals surface area contributed by atoms with E-state index in [2.05, 4.69) is 5.32 Å². The third-order valence-corrected chi connectivity index (χ3v) is 6.76. The maximum Gasteiger partial charge on any atom is 0.243 e. The van der Waals surface area contributed by atoms with Crippen LogP contribution in [-0.2, 0) is 22.6 Å². The highest BCUT2D eigenvalue weighted by molar-refractivity contribution is 6.42. The minimum absolute atomic E-state index is 0.0294. The number of carbonyl (C=O) groups is 2. The lowest BCUT2D eigenvalue weighted by Crippen LogP contribution is -2.52. The molecule has 32 heavy (non-hydrogen) atoms. The van der Waals surface area contributed by atoms with Crippen LogP contribution in [0.4, 0.5) is 0 Å². The van der Waals surface area contributed by atoms with Gasteiger partial charge in [0, 0.05) is 25.4 Å². The topological polar surface area (TPSA) is 49.4 Å². The molecule has 2 aromatic carbocycles. The van der Waals surface area contributed by atoms with Crippen LogP contribution in [0.2, 0.25) is 10.0 Å². The second kappa shape index (κ2) is 12.3. The molecule has 2 amide bonds. The van der Waals surface area contributed by atoms with Crippen molar-refractivity contribution in [1.82, 2.24) is 10.2 Å². The van der Waals surface area contributed by atoms with E-state index in [9.17, 15) is 9.59 Å². The van der Waals surface area contributed by atoms with Crippen LogP contribution < -0.4 is 5.32 Å². The Bertz CT molecular complexity index is 898. The minimum atomic E-state index is -0.590. The molecule has 6 heteroatoms. The SMILES string of the molecule is CCCC(=O)N(Cc1ccc(Cl)c(Cl)c1)C(Cc1ccccc1)C(=O)NC1CCCCC1.